The molecule has 2 fully saturated rings. The van der Waals surface area contributed by atoms with Crippen LogP contribution in [0, 0.1) is 5.82 Å². The van der Waals surface area contributed by atoms with Gasteiger partial charge >= 0.3 is 6.03 Å². The summed E-state index contributed by atoms with van der Waals surface area (Å²) in [5.74, 6) is -0.813. The molecule has 174 valence electrons. The molecule has 2 N–H and O–H groups in total. The quantitative estimate of drug-likeness (QED) is 0.603. The lowest BCUT2D eigenvalue weighted by atomic mass is 10.0. The number of nitrogens with zero attached hydrogens (tertiary/aromatic N) is 2. The number of hydrogen-bond donors (Lipinski definition) is 2. The van der Waals surface area contributed by atoms with Gasteiger partial charge < -0.3 is 10.6 Å². The van der Waals surface area contributed by atoms with E-state index in [4.69, 9.17) is 0 Å². The molecule has 2 saturated heterocycles. The van der Waals surface area contributed by atoms with Crippen molar-refractivity contribution in [1.29, 1.82) is 0 Å². The lowest BCUT2D eigenvalue weighted by Gasteiger charge is -2.32. The molecule has 0 saturated carbocycles. The number of benzene rings is 2. The summed E-state index contributed by atoms with van der Waals surface area (Å²) in [5.41, 5.74) is 2.11. The molecule has 0 aromatic heterocycles. The zero-order chi connectivity index (χ0) is 23.2. The highest BCUT2D eigenvalue weighted by molar-refractivity contribution is 6.05. The number of halogens is 1. The van der Waals surface area contributed by atoms with Gasteiger partial charge in [0.1, 0.15) is 11.9 Å². The van der Waals surface area contributed by atoms with Crippen LogP contribution in [0.15, 0.2) is 54.6 Å². The summed E-state index contributed by atoms with van der Waals surface area (Å²) in [6, 6.07) is 15.0. The summed E-state index contributed by atoms with van der Waals surface area (Å²) in [4.78, 5) is 40.9. The Bertz CT molecular complexity index is 975. The van der Waals surface area contributed by atoms with Crippen LogP contribution in [0.3, 0.4) is 0 Å². The molecule has 0 aliphatic carbocycles. The highest BCUT2D eigenvalue weighted by Gasteiger charge is 2.39. The number of rotatable bonds is 8. The molecule has 7 nitrogen and oxygen atoms in total. The minimum absolute atomic E-state index is 0.0448. The van der Waals surface area contributed by atoms with Crippen LogP contribution in [-0.2, 0) is 22.6 Å². The number of imide groups is 1. The first-order chi connectivity index (χ1) is 16.0. The van der Waals surface area contributed by atoms with Crippen LogP contribution in [0.5, 0.6) is 0 Å². The van der Waals surface area contributed by atoms with E-state index >= 15 is 0 Å². The number of hydrogen-bond acceptors (Lipinski definition) is 4. The van der Waals surface area contributed by atoms with Crippen molar-refractivity contribution in [2.75, 3.05) is 19.6 Å². The van der Waals surface area contributed by atoms with Crippen LogP contribution >= 0.6 is 0 Å². The van der Waals surface area contributed by atoms with E-state index in [0.717, 1.165) is 43.6 Å². The lowest BCUT2D eigenvalue weighted by molar-refractivity contribution is -0.131. The van der Waals surface area contributed by atoms with Crippen molar-refractivity contribution in [3.63, 3.8) is 0 Å². The van der Waals surface area contributed by atoms with Gasteiger partial charge in [0.25, 0.3) is 5.91 Å². The Labute approximate surface area is 192 Å². The van der Waals surface area contributed by atoms with Crippen molar-refractivity contribution in [3.8, 4) is 0 Å². The van der Waals surface area contributed by atoms with Crippen LogP contribution in [0.1, 0.15) is 30.4 Å². The fourth-order valence-corrected chi connectivity index (χ4v) is 4.37. The number of likely N-dealkylation sites (tertiary alicyclic amines) is 1. The van der Waals surface area contributed by atoms with E-state index in [1.807, 2.05) is 30.3 Å². The SMILES string of the molecule is O=C(C[C@@H]1NC(=O)N(CCc2ccccc2)C1=O)NC1CCN(Cc2ccc(F)cc2)CC1. The molecule has 0 spiro atoms. The molecule has 2 aliphatic heterocycles. The molecule has 2 aromatic rings. The standard InChI is InChI=1S/C25H29FN4O3/c26-20-8-6-19(7-9-20)17-29-13-11-21(12-14-29)27-23(31)16-22-24(32)30(25(33)28-22)15-10-18-4-2-1-3-5-18/h1-9,21-22H,10-17H2,(H,27,31)(H,28,33)/t22-/m0/s1. The Balaban J connectivity index is 1.19. The summed E-state index contributed by atoms with van der Waals surface area (Å²) < 4.78 is 13.1. The molecule has 2 aromatic carbocycles. The second-order valence-electron chi connectivity index (χ2n) is 8.68. The minimum atomic E-state index is -0.813. The first-order valence-corrected chi connectivity index (χ1v) is 11.4. The van der Waals surface area contributed by atoms with Crippen molar-refractivity contribution in [2.45, 2.75) is 44.3 Å². The zero-order valence-electron chi connectivity index (χ0n) is 18.5. The van der Waals surface area contributed by atoms with Gasteiger partial charge in [-0.25, -0.2) is 9.18 Å². The van der Waals surface area contributed by atoms with Crippen LogP contribution in [0.25, 0.3) is 0 Å². The monoisotopic (exact) mass is 452 g/mol. The van der Waals surface area contributed by atoms with Crippen molar-refractivity contribution in [3.05, 3.63) is 71.5 Å². The molecule has 1 atom stereocenters. The Morgan fingerprint density at radius 1 is 1.00 bits per heavy atom. The Morgan fingerprint density at radius 2 is 1.70 bits per heavy atom. The maximum absolute atomic E-state index is 13.1. The highest BCUT2D eigenvalue weighted by Crippen LogP contribution is 2.16. The van der Waals surface area contributed by atoms with Gasteiger partial charge in [-0.1, -0.05) is 42.5 Å². The Hall–Kier alpha value is -3.26. The number of piperidine rings is 1. The fraction of sp³-hybridized carbons (Fsp3) is 0.400. The smallest absolute Gasteiger partial charge is 0.324 e. The number of amides is 4. The molecule has 2 aliphatic rings. The van der Waals surface area contributed by atoms with Crippen molar-refractivity contribution < 1.29 is 18.8 Å². The fourth-order valence-electron chi connectivity index (χ4n) is 4.37. The van der Waals surface area contributed by atoms with E-state index in [1.165, 1.54) is 17.0 Å². The predicted molar refractivity (Wildman–Crippen MR) is 122 cm³/mol. The number of nitrogens with one attached hydrogen (secondary N) is 2. The van der Waals surface area contributed by atoms with Gasteiger partial charge in [-0.2, -0.15) is 0 Å². The van der Waals surface area contributed by atoms with E-state index in [-0.39, 0.29) is 30.1 Å². The van der Waals surface area contributed by atoms with Gasteiger partial charge in [0.05, 0.1) is 6.42 Å². The first kappa shape index (κ1) is 22.9. The number of urea groups is 1. The lowest BCUT2D eigenvalue weighted by Crippen LogP contribution is -2.46. The summed E-state index contributed by atoms with van der Waals surface area (Å²) >= 11 is 0. The van der Waals surface area contributed by atoms with Crippen LogP contribution in [0.2, 0.25) is 0 Å². The predicted octanol–water partition coefficient (Wildman–Crippen LogP) is 2.46. The summed E-state index contributed by atoms with van der Waals surface area (Å²) in [5, 5.41) is 5.65. The van der Waals surface area contributed by atoms with Crippen molar-refractivity contribution in [1.82, 2.24) is 20.4 Å². The highest BCUT2D eigenvalue weighted by atomic mass is 19.1. The third kappa shape index (κ3) is 6.16. The van der Waals surface area contributed by atoms with Gasteiger partial charge in [0.2, 0.25) is 5.91 Å². The Morgan fingerprint density at radius 3 is 2.39 bits per heavy atom. The second-order valence-corrected chi connectivity index (χ2v) is 8.68. The van der Waals surface area contributed by atoms with Gasteiger partial charge in [0, 0.05) is 32.2 Å². The summed E-state index contributed by atoms with van der Waals surface area (Å²) in [6.45, 7) is 2.70. The number of carbonyl (C=O) groups is 3. The van der Waals surface area contributed by atoms with E-state index in [2.05, 4.69) is 15.5 Å². The third-order valence-electron chi connectivity index (χ3n) is 6.24. The minimum Gasteiger partial charge on any atom is -0.353 e. The molecule has 4 amide bonds. The van der Waals surface area contributed by atoms with E-state index in [0.29, 0.717) is 13.0 Å². The average molecular weight is 453 g/mol. The summed E-state index contributed by atoms with van der Waals surface area (Å²) in [6.07, 6.45) is 2.14. The molecule has 2 heterocycles. The van der Waals surface area contributed by atoms with Gasteiger partial charge in [-0.05, 0) is 42.5 Å². The molecule has 0 unspecified atom stereocenters. The topological polar surface area (TPSA) is 81.8 Å². The van der Waals surface area contributed by atoms with Crippen molar-refractivity contribution >= 4 is 17.8 Å². The van der Waals surface area contributed by atoms with E-state index < -0.39 is 12.1 Å². The first-order valence-electron chi connectivity index (χ1n) is 11.4. The van der Waals surface area contributed by atoms with Crippen LogP contribution < -0.4 is 10.6 Å². The summed E-state index contributed by atoms with van der Waals surface area (Å²) in [7, 11) is 0. The maximum atomic E-state index is 13.1. The molecule has 0 bridgehead atoms. The molecule has 33 heavy (non-hydrogen) atoms. The largest absolute Gasteiger partial charge is 0.353 e. The van der Waals surface area contributed by atoms with E-state index in [9.17, 15) is 18.8 Å². The molecule has 4 rings (SSSR count). The van der Waals surface area contributed by atoms with Gasteiger partial charge in [0.15, 0.2) is 0 Å². The average Bonchev–Trinajstić information content (AvgIpc) is 3.08. The van der Waals surface area contributed by atoms with Gasteiger partial charge in [-0.3, -0.25) is 19.4 Å². The second kappa shape index (κ2) is 10.6. The van der Waals surface area contributed by atoms with Crippen LogP contribution in [0.4, 0.5) is 9.18 Å². The van der Waals surface area contributed by atoms with E-state index in [1.54, 1.807) is 12.1 Å². The zero-order valence-corrected chi connectivity index (χ0v) is 18.5. The molecule has 8 heteroatoms. The van der Waals surface area contributed by atoms with Crippen molar-refractivity contribution in [2.24, 2.45) is 0 Å². The number of carbonyl (C=O) groups excluding carboxylic acids is 3. The van der Waals surface area contributed by atoms with Gasteiger partial charge in [-0.15, -0.1) is 0 Å². The third-order valence-corrected chi connectivity index (χ3v) is 6.24. The Kier molecular flexibility index (Phi) is 7.34. The molecular formula is C25H29FN4O3. The molecular weight excluding hydrogens is 423 g/mol. The molecule has 0 radical (unpaired) electrons. The maximum Gasteiger partial charge on any atom is 0.324 e. The normalized spacial score (nSPS) is 19.5. The van der Waals surface area contributed by atoms with Crippen LogP contribution in [-0.4, -0.2) is 59.4 Å².